The minimum absolute atomic E-state index is 0.302. The third kappa shape index (κ3) is 2.60. The second-order valence-corrected chi connectivity index (χ2v) is 4.52. The Morgan fingerprint density at radius 2 is 1.74 bits per heavy atom. The van der Waals surface area contributed by atoms with Gasteiger partial charge in [-0.2, -0.15) is 0 Å². The lowest BCUT2D eigenvalue weighted by atomic mass is 9.95. The van der Waals surface area contributed by atoms with Crippen LogP contribution in [0.3, 0.4) is 0 Å². The van der Waals surface area contributed by atoms with Crippen LogP contribution in [0.2, 0.25) is 0 Å². The molecule has 0 aliphatic heterocycles. The zero-order valence-electron chi connectivity index (χ0n) is 11.2. The van der Waals surface area contributed by atoms with Crippen molar-refractivity contribution in [2.24, 2.45) is 0 Å². The Bertz CT molecular complexity index is 630. The molecule has 3 nitrogen and oxygen atoms in total. The molecule has 19 heavy (non-hydrogen) atoms. The molecule has 0 amide bonds. The Balaban J connectivity index is 2.58. The van der Waals surface area contributed by atoms with Crippen molar-refractivity contribution >= 4 is 5.97 Å². The van der Waals surface area contributed by atoms with E-state index in [0.29, 0.717) is 5.56 Å². The van der Waals surface area contributed by atoms with Gasteiger partial charge >= 0.3 is 5.97 Å². The van der Waals surface area contributed by atoms with E-state index < -0.39 is 5.97 Å². The molecule has 0 aliphatic carbocycles. The summed E-state index contributed by atoms with van der Waals surface area (Å²) in [5, 5.41) is 9.08. The van der Waals surface area contributed by atoms with E-state index >= 15 is 0 Å². The number of carbonyl (C=O) groups is 1. The summed E-state index contributed by atoms with van der Waals surface area (Å²) in [5.41, 5.74) is 4.39. The first kappa shape index (κ1) is 13.1. The number of ether oxygens (including phenoxy) is 1. The number of aromatic carboxylic acids is 1. The molecular weight excluding hydrogens is 240 g/mol. The van der Waals surface area contributed by atoms with E-state index in [1.165, 1.54) is 0 Å². The zero-order valence-corrected chi connectivity index (χ0v) is 11.2. The monoisotopic (exact) mass is 256 g/mol. The maximum atomic E-state index is 11.1. The molecule has 1 N–H and O–H groups in total. The van der Waals surface area contributed by atoms with E-state index in [1.807, 2.05) is 38.1 Å². The van der Waals surface area contributed by atoms with Gasteiger partial charge in [0.05, 0.1) is 12.7 Å². The van der Waals surface area contributed by atoms with Gasteiger partial charge in [0.15, 0.2) is 0 Å². The number of benzene rings is 2. The first-order valence-corrected chi connectivity index (χ1v) is 6.02. The van der Waals surface area contributed by atoms with Gasteiger partial charge in [-0.15, -0.1) is 0 Å². The molecule has 0 heterocycles. The number of methoxy groups -OCH3 is 1. The van der Waals surface area contributed by atoms with Gasteiger partial charge in [-0.25, -0.2) is 4.79 Å². The molecule has 2 aromatic rings. The van der Waals surface area contributed by atoms with Crippen molar-refractivity contribution in [2.75, 3.05) is 7.11 Å². The van der Waals surface area contributed by atoms with Gasteiger partial charge in [0.2, 0.25) is 0 Å². The highest BCUT2D eigenvalue weighted by Gasteiger charge is 2.10. The third-order valence-electron chi connectivity index (χ3n) is 3.21. The Labute approximate surface area is 112 Å². The van der Waals surface area contributed by atoms with Crippen LogP contribution in [0.1, 0.15) is 21.5 Å². The SMILES string of the molecule is COc1ccc(-c2cc(C(=O)O)ccc2C)c(C)c1. The molecule has 0 aliphatic rings. The van der Waals surface area contributed by atoms with Crippen molar-refractivity contribution in [2.45, 2.75) is 13.8 Å². The lowest BCUT2D eigenvalue weighted by Crippen LogP contribution is -1.98. The van der Waals surface area contributed by atoms with E-state index in [-0.39, 0.29) is 0 Å². The first-order chi connectivity index (χ1) is 9.02. The standard InChI is InChI=1S/C16H16O3/c1-10-4-5-12(16(17)18)9-15(10)14-7-6-13(19-3)8-11(14)2/h4-9H,1-3H3,(H,17,18). The van der Waals surface area contributed by atoms with Crippen LogP contribution in [0, 0.1) is 13.8 Å². The fourth-order valence-corrected chi connectivity index (χ4v) is 2.11. The normalized spacial score (nSPS) is 10.3. The summed E-state index contributed by atoms with van der Waals surface area (Å²) < 4.78 is 5.18. The second-order valence-electron chi connectivity index (χ2n) is 4.52. The van der Waals surface area contributed by atoms with Crippen LogP contribution in [0.15, 0.2) is 36.4 Å². The fraction of sp³-hybridized carbons (Fsp3) is 0.188. The van der Waals surface area contributed by atoms with Gasteiger partial charge in [0.25, 0.3) is 0 Å². The van der Waals surface area contributed by atoms with Crippen molar-refractivity contribution < 1.29 is 14.6 Å². The molecule has 0 saturated heterocycles. The number of aryl methyl sites for hydroxylation is 2. The van der Waals surface area contributed by atoms with Crippen LogP contribution >= 0.6 is 0 Å². The quantitative estimate of drug-likeness (QED) is 0.911. The van der Waals surface area contributed by atoms with Crippen LogP contribution < -0.4 is 4.74 Å². The minimum Gasteiger partial charge on any atom is -0.497 e. The largest absolute Gasteiger partial charge is 0.497 e. The Morgan fingerprint density at radius 3 is 2.32 bits per heavy atom. The van der Waals surface area contributed by atoms with Gasteiger partial charge in [-0.05, 0) is 60.4 Å². The molecule has 98 valence electrons. The van der Waals surface area contributed by atoms with Gasteiger partial charge < -0.3 is 9.84 Å². The van der Waals surface area contributed by atoms with E-state index in [2.05, 4.69) is 0 Å². The molecule has 0 fully saturated rings. The van der Waals surface area contributed by atoms with Gasteiger partial charge in [0, 0.05) is 0 Å². The third-order valence-corrected chi connectivity index (χ3v) is 3.21. The summed E-state index contributed by atoms with van der Waals surface area (Å²) in [6.07, 6.45) is 0. The van der Waals surface area contributed by atoms with Crippen molar-refractivity contribution in [1.29, 1.82) is 0 Å². The van der Waals surface area contributed by atoms with E-state index in [0.717, 1.165) is 28.0 Å². The number of rotatable bonds is 3. The number of carboxylic acids is 1. The van der Waals surface area contributed by atoms with Crippen molar-refractivity contribution in [3.8, 4) is 16.9 Å². The van der Waals surface area contributed by atoms with Gasteiger partial charge in [-0.1, -0.05) is 12.1 Å². The number of hydrogen-bond acceptors (Lipinski definition) is 2. The summed E-state index contributed by atoms with van der Waals surface area (Å²) in [6.45, 7) is 3.97. The summed E-state index contributed by atoms with van der Waals surface area (Å²) in [6, 6.07) is 11.0. The molecule has 0 saturated carbocycles. The van der Waals surface area contributed by atoms with Crippen LogP contribution in [0.5, 0.6) is 5.75 Å². The molecule has 2 rings (SSSR count). The Hall–Kier alpha value is -2.29. The van der Waals surface area contributed by atoms with Crippen LogP contribution in [0.25, 0.3) is 11.1 Å². The molecule has 0 aromatic heterocycles. The number of hydrogen-bond donors (Lipinski definition) is 1. The van der Waals surface area contributed by atoms with Gasteiger partial charge in [-0.3, -0.25) is 0 Å². The topological polar surface area (TPSA) is 46.5 Å². The van der Waals surface area contributed by atoms with Gasteiger partial charge in [0.1, 0.15) is 5.75 Å². The van der Waals surface area contributed by atoms with Crippen molar-refractivity contribution in [3.63, 3.8) is 0 Å². The van der Waals surface area contributed by atoms with Crippen LogP contribution in [-0.4, -0.2) is 18.2 Å². The molecule has 0 atom stereocenters. The molecule has 0 radical (unpaired) electrons. The molecule has 0 bridgehead atoms. The number of carboxylic acid groups (broad SMARTS) is 1. The average Bonchev–Trinajstić information content (AvgIpc) is 2.39. The first-order valence-electron chi connectivity index (χ1n) is 6.02. The lowest BCUT2D eigenvalue weighted by molar-refractivity contribution is 0.0697. The minimum atomic E-state index is -0.910. The fourth-order valence-electron chi connectivity index (χ4n) is 2.11. The second kappa shape index (κ2) is 5.14. The maximum absolute atomic E-state index is 11.1. The van der Waals surface area contributed by atoms with Crippen molar-refractivity contribution in [1.82, 2.24) is 0 Å². The predicted octanol–water partition coefficient (Wildman–Crippen LogP) is 3.68. The molecule has 2 aromatic carbocycles. The average molecular weight is 256 g/mol. The Morgan fingerprint density at radius 1 is 1.00 bits per heavy atom. The molecular formula is C16H16O3. The summed E-state index contributed by atoms with van der Waals surface area (Å²) in [4.78, 5) is 11.1. The molecule has 0 spiro atoms. The highest BCUT2D eigenvalue weighted by molar-refractivity contribution is 5.90. The van der Waals surface area contributed by atoms with E-state index in [4.69, 9.17) is 9.84 Å². The maximum Gasteiger partial charge on any atom is 0.335 e. The summed E-state index contributed by atoms with van der Waals surface area (Å²) >= 11 is 0. The van der Waals surface area contributed by atoms with Crippen molar-refractivity contribution in [3.05, 3.63) is 53.1 Å². The van der Waals surface area contributed by atoms with Crippen LogP contribution in [-0.2, 0) is 0 Å². The molecule has 0 unspecified atom stereocenters. The highest BCUT2D eigenvalue weighted by Crippen LogP contribution is 2.30. The Kier molecular flexibility index (Phi) is 3.56. The van der Waals surface area contributed by atoms with E-state index in [1.54, 1.807) is 19.2 Å². The smallest absolute Gasteiger partial charge is 0.335 e. The summed E-state index contributed by atoms with van der Waals surface area (Å²) in [7, 11) is 1.63. The van der Waals surface area contributed by atoms with E-state index in [9.17, 15) is 4.79 Å². The summed E-state index contributed by atoms with van der Waals surface area (Å²) in [5.74, 6) is -0.110. The highest BCUT2D eigenvalue weighted by atomic mass is 16.5. The zero-order chi connectivity index (χ0) is 14.0. The lowest BCUT2D eigenvalue weighted by Gasteiger charge is -2.11. The predicted molar refractivity (Wildman–Crippen MR) is 74.9 cm³/mol. The van der Waals surface area contributed by atoms with Crippen LogP contribution in [0.4, 0.5) is 0 Å². The molecule has 3 heteroatoms.